The van der Waals surface area contributed by atoms with Gasteiger partial charge in [0, 0.05) is 19.2 Å². The van der Waals surface area contributed by atoms with Crippen LogP contribution in [0, 0.1) is 5.82 Å². The number of aliphatic imine (C=N–C) groups is 1. The zero-order valence-electron chi connectivity index (χ0n) is 16.1. The van der Waals surface area contributed by atoms with Crippen molar-refractivity contribution in [3.05, 3.63) is 53.2 Å². The van der Waals surface area contributed by atoms with Crippen LogP contribution in [0.5, 0.6) is 0 Å². The maximum atomic E-state index is 13.2. The summed E-state index contributed by atoms with van der Waals surface area (Å²) in [6.07, 6.45) is 0.748. The maximum absolute atomic E-state index is 13.2. The van der Waals surface area contributed by atoms with Gasteiger partial charge in [-0.1, -0.05) is 24.2 Å². The Morgan fingerprint density at radius 1 is 1.30 bits per heavy atom. The van der Waals surface area contributed by atoms with Gasteiger partial charge < -0.3 is 19.5 Å². The van der Waals surface area contributed by atoms with E-state index in [4.69, 9.17) is 14.3 Å². The molecule has 2 atom stereocenters. The molecule has 1 fully saturated rings. The van der Waals surface area contributed by atoms with Gasteiger partial charge in [0.25, 0.3) is 0 Å². The molecule has 0 amide bonds. The molecule has 27 heavy (non-hydrogen) atoms. The fourth-order valence-corrected chi connectivity index (χ4v) is 3.16. The molecule has 146 valence electrons. The molecule has 0 bridgehead atoms. The highest BCUT2D eigenvalue weighted by Gasteiger charge is 2.28. The normalized spacial score (nSPS) is 20.7. The van der Waals surface area contributed by atoms with E-state index in [1.165, 1.54) is 12.1 Å². The van der Waals surface area contributed by atoms with Crippen molar-refractivity contribution in [1.29, 1.82) is 0 Å². The first-order valence-corrected chi connectivity index (χ1v) is 9.47. The molecule has 2 unspecified atom stereocenters. The van der Waals surface area contributed by atoms with Gasteiger partial charge in [-0.15, -0.1) is 0 Å². The molecule has 0 radical (unpaired) electrons. The topological polar surface area (TPSA) is 62.9 Å². The summed E-state index contributed by atoms with van der Waals surface area (Å²) in [6.45, 7) is 8.71. The van der Waals surface area contributed by atoms with Crippen LogP contribution in [0.15, 0.2) is 39.8 Å². The van der Waals surface area contributed by atoms with E-state index in [9.17, 15) is 4.39 Å². The van der Waals surface area contributed by atoms with Gasteiger partial charge in [-0.3, -0.25) is 0 Å². The number of aryl methyl sites for hydroxylation is 1. The van der Waals surface area contributed by atoms with Crippen molar-refractivity contribution in [2.45, 2.75) is 45.9 Å². The lowest BCUT2D eigenvalue weighted by Gasteiger charge is -2.38. The minimum atomic E-state index is -0.243. The monoisotopic (exact) mass is 374 g/mol. The number of guanidine groups is 1. The van der Waals surface area contributed by atoms with Gasteiger partial charge >= 0.3 is 0 Å². The zero-order chi connectivity index (χ0) is 19.2. The molecule has 1 aliphatic heterocycles. The van der Waals surface area contributed by atoms with E-state index in [2.05, 4.69) is 15.4 Å². The Hall–Kier alpha value is -2.41. The number of aromatic nitrogens is 1. The lowest BCUT2D eigenvalue weighted by Crippen LogP contribution is -2.50. The van der Waals surface area contributed by atoms with Crippen molar-refractivity contribution >= 4 is 5.96 Å². The number of benzene rings is 1. The molecule has 1 saturated heterocycles. The summed E-state index contributed by atoms with van der Waals surface area (Å²) >= 11 is 0. The fourth-order valence-electron chi connectivity index (χ4n) is 3.16. The molecular weight excluding hydrogens is 347 g/mol. The predicted molar refractivity (Wildman–Crippen MR) is 102 cm³/mol. The van der Waals surface area contributed by atoms with Gasteiger partial charge in [-0.2, -0.15) is 0 Å². The largest absolute Gasteiger partial charge is 0.367 e. The molecule has 1 aliphatic rings. The molecule has 1 aromatic carbocycles. The Balaban J connectivity index is 1.74. The summed E-state index contributed by atoms with van der Waals surface area (Å²) in [7, 11) is 0. The van der Waals surface area contributed by atoms with Crippen LogP contribution >= 0.6 is 0 Å². The number of ether oxygens (including phenoxy) is 1. The molecule has 6 nitrogen and oxygen atoms in total. The molecule has 2 heterocycles. The summed E-state index contributed by atoms with van der Waals surface area (Å²) < 4.78 is 24.6. The fraction of sp³-hybridized carbons (Fsp3) is 0.500. The number of hydrogen-bond donors (Lipinski definition) is 1. The average Bonchev–Trinajstić information content (AvgIpc) is 3.13. The van der Waals surface area contributed by atoms with Crippen LogP contribution in [-0.4, -0.2) is 41.8 Å². The number of halogens is 1. The van der Waals surface area contributed by atoms with Crippen LogP contribution in [0.4, 0.5) is 4.39 Å². The molecule has 1 N–H and O–H groups in total. The Kier molecular flexibility index (Phi) is 6.45. The standard InChI is InChI=1S/C20H27FN4O2/c1-4-17-10-18(27-24-17)11-23-20(22-5-2)25-12-14(3)26-19(13-25)15-6-8-16(21)9-7-15/h6-10,14,19H,4-5,11-13H2,1-3H3,(H,22,23). The van der Waals surface area contributed by atoms with Gasteiger partial charge in [0.2, 0.25) is 0 Å². The Morgan fingerprint density at radius 3 is 2.74 bits per heavy atom. The minimum Gasteiger partial charge on any atom is -0.367 e. The van der Waals surface area contributed by atoms with E-state index in [1.807, 2.05) is 26.8 Å². The van der Waals surface area contributed by atoms with Gasteiger partial charge in [0.1, 0.15) is 18.5 Å². The summed E-state index contributed by atoms with van der Waals surface area (Å²) in [5.41, 5.74) is 1.90. The number of morpholine rings is 1. The molecule has 0 saturated carbocycles. The van der Waals surface area contributed by atoms with Crippen LogP contribution < -0.4 is 5.32 Å². The smallest absolute Gasteiger partial charge is 0.194 e. The van der Waals surface area contributed by atoms with E-state index in [-0.39, 0.29) is 18.0 Å². The van der Waals surface area contributed by atoms with E-state index < -0.39 is 0 Å². The molecule has 0 spiro atoms. The number of nitrogens with zero attached hydrogens (tertiary/aromatic N) is 3. The van der Waals surface area contributed by atoms with Gasteiger partial charge in [-0.05, 0) is 38.0 Å². The minimum absolute atomic E-state index is 0.0367. The molecular formula is C20H27FN4O2. The first-order chi connectivity index (χ1) is 13.1. The number of rotatable bonds is 5. The first-order valence-electron chi connectivity index (χ1n) is 9.47. The van der Waals surface area contributed by atoms with E-state index in [0.29, 0.717) is 13.1 Å². The van der Waals surface area contributed by atoms with Gasteiger partial charge in [0.05, 0.1) is 18.3 Å². The third kappa shape index (κ3) is 5.07. The van der Waals surface area contributed by atoms with Crippen LogP contribution in [-0.2, 0) is 17.7 Å². The Morgan fingerprint density at radius 2 is 2.07 bits per heavy atom. The van der Waals surface area contributed by atoms with Crippen LogP contribution in [0.25, 0.3) is 0 Å². The van der Waals surface area contributed by atoms with Crippen molar-refractivity contribution < 1.29 is 13.7 Å². The van der Waals surface area contributed by atoms with Crippen molar-refractivity contribution in [3.63, 3.8) is 0 Å². The quantitative estimate of drug-likeness (QED) is 0.643. The van der Waals surface area contributed by atoms with Crippen LogP contribution in [0.2, 0.25) is 0 Å². The van der Waals surface area contributed by atoms with Gasteiger partial charge in [0.15, 0.2) is 11.7 Å². The summed E-state index contributed by atoms with van der Waals surface area (Å²) in [5.74, 6) is 1.32. The second-order valence-electron chi connectivity index (χ2n) is 6.70. The van der Waals surface area contributed by atoms with Crippen LogP contribution in [0.3, 0.4) is 0 Å². The molecule has 0 aliphatic carbocycles. The molecule has 3 rings (SSSR count). The zero-order valence-corrected chi connectivity index (χ0v) is 16.1. The first kappa shape index (κ1) is 19.4. The third-order valence-corrected chi connectivity index (χ3v) is 4.49. The highest BCUT2D eigenvalue weighted by Crippen LogP contribution is 2.25. The van der Waals surface area contributed by atoms with Crippen molar-refractivity contribution in [3.8, 4) is 0 Å². The Labute approximate surface area is 159 Å². The SMILES string of the molecule is CCNC(=NCc1cc(CC)no1)N1CC(C)OC(c2ccc(F)cc2)C1. The summed E-state index contributed by atoms with van der Waals surface area (Å²) in [4.78, 5) is 6.90. The number of nitrogens with one attached hydrogen (secondary N) is 1. The van der Waals surface area contributed by atoms with Crippen molar-refractivity contribution in [1.82, 2.24) is 15.4 Å². The molecule has 7 heteroatoms. The molecule has 1 aromatic heterocycles. The second-order valence-corrected chi connectivity index (χ2v) is 6.70. The third-order valence-electron chi connectivity index (χ3n) is 4.49. The van der Waals surface area contributed by atoms with Crippen molar-refractivity contribution in [2.75, 3.05) is 19.6 Å². The molecule has 2 aromatic rings. The lowest BCUT2D eigenvalue weighted by atomic mass is 10.1. The summed E-state index contributed by atoms with van der Waals surface area (Å²) in [5, 5.41) is 7.36. The lowest BCUT2D eigenvalue weighted by molar-refractivity contribution is -0.0605. The highest BCUT2D eigenvalue weighted by atomic mass is 19.1. The highest BCUT2D eigenvalue weighted by molar-refractivity contribution is 5.80. The van der Waals surface area contributed by atoms with Crippen LogP contribution in [0.1, 0.15) is 43.9 Å². The predicted octanol–water partition coefficient (Wildman–Crippen LogP) is 3.30. The van der Waals surface area contributed by atoms with E-state index >= 15 is 0 Å². The number of hydrogen-bond acceptors (Lipinski definition) is 4. The Bertz CT molecular complexity index is 760. The van der Waals surface area contributed by atoms with E-state index in [1.54, 1.807) is 12.1 Å². The maximum Gasteiger partial charge on any atom is 0.194 e. The summed E-state index contributed by atoms with van der Waals surface area (Å²) in [6, 6.07) is 8.44. The van der Waals surface area contributed by atoms with E-state index in [0.717, 1.165) is 42.5 Å². The van der Waals surface area contributed by atoms with Crippen molar-refractivity contribution in [2.24, 2.45) is 4.99 Å². The van der Waals surface area contributed by atoms with Gasteiger partial charge in [-0.25, -0.2) is 9.38 Å². The second kappa shape index (κ2) is 8.99. The average molecular weight is 374 g/mol.